The number of aromatic nitrogens is 1. The number of halogens is 1. The lowest BCUT2D eigenvalue weighted by atomic mass is 10.1. The van der Waals surface area contributed by atoms with E-state index in [1.165, 1.54) is 12.3 Å². The van der Waals surface area contributed by atoms with Gasteiger partial charge in [0.2, 0.25) is 0 Å². The summed E-state index contributed by atoms with van der Waals surface area (Å²) in [6.07, 6.45) is 1.40. The van der Waals surface area contributed by atoms with Crippen LogP contribution in [-0.4, -0.2) is 17.4 Å². The summed E-state index contributed by atoms with van der Waals surface area (Å²) in [4.78, 5) is 18.2. The van der Waals surface area contributed by atoms with Crippen LogP contribution >= 0.6 is 11.6 Å². The smallest absolute Gasteiger partial charge is 0.260 e. The van der Waals surface area contributed by atoms with Crippen LogP contribution in [0.3, 0.4) is 0 Å². The van der Waals surface area contributed by atoms with Crippen LogP contribution in [0.5, 0.6) is 0 Å². The van der Waals surface area contributed by atoms with E-state index in [1.807, 2.05) is 38.1 Å². The third-order valence-corrected chi connectivity index (χ3v) is 3.31. The highest BCUT2D eigenvalue weighted by atomic mass is 35.5. The number of anilines is 2. The quantitative estimate of drug-likeness (QED) is 0.882. The van der Waals surface area contributed by atoms with E-state index in [2.05, 4.69) is 4.98 Å². The van der Waals surface area contributed by atoms with Gasteiger partial charge in [-0.1, -0.05) is 29.8 Å². The summed E-state index contributed by atoms with van der Waals surface area (Å²) in [6.45, 7) is 4.43. The average Bonchev–Trinajstić information content (AvgIpc) is 2.44. The van der Waals surface area contributed by atoms with Gasteiger partial charge in [-0.25, -0.2) is 4.98 Å². The van der Waals surface area contributed by atoms with Crippen molar-refractivity contribution in [2.45, 2.75) is 13.8 Å². The summed E-state index contributed by atoms with van der Waals surface area (Å²) in [5.41, 5.74) is 8.42. The fraction of sp³-hybridized carbons (Fsp3) is 0.200. The molecule has 1 heterocycles. The van der Waals surface area contributed by atoms with Gasteiger partial charge >= 0.3 is 0 Å². The molecule has 2 aromatic rings. The van der Waals surface area contributed by atoms with Crippen molar-refractivity contribution in [3.63, 3.8) is 0 Å². The van der Waals surface area contributed by atoms with Gasteiger partial charge in [-0.15, -0.1) is 0 Å². The summed E-state index contributed by atoms with van der Waals surface area (Å²) < 4.78 is 0. The fourth-order valence-corrected chi connectivity index (χ4v) is 2.22. The van der Waals surface area contributed by atoms with E-state index < -0.39 is 0 Å². The van der Waals surface area contributed by atoms with E-state index in [4.69, 9.17) is 17.3 Å². The van der Waals surface area contributed by atoms with Crippen LogP contribution in [0.15, 0.2) is 36.5 Å². The third kappa shape index (κ3) is 2.75. The minimum atomic E-state index is -0.177. The molecule has 0 spiro atoms. The van der Waals surface area contributed by atoms with Crippen molar-refractivity contribution in [2.75, 3.05) is 17.2 Å². The Morgan fingerprint density at radius 2 is 2.10 bits per heavy atom. The first-order valence-corrected chi connectivity index (χ1v) is 6.71. The molecule has 0 fully saturated rings. The average molecular weight is 290 g/mol. The zero-order valence-corrected chi connectivity index (χ0v) is 12.2. The minimum absolute atomic E-state index is 0.177. The van der Waals surface area contributed by atoms with Gasteiger partial charge < -0.3 is 10.6 Å². The zero-order valence-electron chi connectivity index (χ0n) is 11.4. The van der Waals surface area contributed by atoms with Crippen molar-refractivity contribution >= 4 is 28.9 Å². The number of nitrogen functional groups attached to an aromatic ring is 1. The van der Waals surface area contributed by atoms with Crippen LogP contribution in [0.2, 0.25) is 5.15 Å². The van der Waals surface area contributed by atoms with Crippen LogP contribution < -0.4 is 10.6 Å². The second kappa shape index (κ2) is 5.92. The number of rotatable bonds is 3. The normalized spacial score (nSPS) is 10.3. The second-order valence-corrected chi connectivity index (χ2v) is 4.82. The Morgan fingerprint density at radius 3 is 2.75 bits per heavy atom. The number of nitrogens with zero attached hydrogens (tertiary/aromatic N) is 2. The van der Waals surface area contributed by atoms with E-state index >= 15 is 0 Å². The van der Waals surface area contributed by atoms with Crippen molar-refractivity contribution in [3.05, 3.63) is 52.8 Å². The minimum Gasteiger partial charge on any atom is -0.397 e. The van der Waals surface area contributed by atoms with Gasteiger partial charge in [0.25, 0.3) is 5.91 Å². The molecule has 4 nitrogen and oxygen atoms in total. The van der Waals surface area contributed by atoms with Crippen LogP contribution in [0, 0.1) is 6.92 Å². The molecule has 0 saturated carbocycles. The lowest BCUT2D eigenvalue weighted by Crippen LogP contribution is -2.31. The first-order chi connectivity index (χ1) is 9.54. The lowest BCUT2D eigenvalue weighted by molar-refractivity contribution is 0.0989. The molecular weight excluding hydrogens is 274 g/mol. The predicted molar refractivity (Wildman–Crippen MR) is 82.2 cm³/mol. The highest BCUT2D eigenvalue weighted by molar-refractivity contribution is 6.30. The van der Waals surface area contributed by atoms with Crippen LogP contribution in [0.25, 0.3) is 0 Å². The molecule has 104 valence electrons. The molecule has 0 aliphatic heterocycles. The predicted octanol–water partition coefficient (Wildman–Crippen LogP) is 3.29. The first kappa shape index (κ1) is 14.3. The highest BCUT2D eigenvalue weighted by Crippen LogP contribution is 2.24. The Kier molecular flexibility index (Phi) is 4.25. The number of carbonyl (C=O) groups is 1. The zero-order chi connectivity index (χ0) is 14.7. The molecule has 0 unspecified atom stereocenters. The maximum atomic E-state index is 12.7. The molecule has 0 aliphatic rings. The molecule has 0 saturated heterocycles. The van der Waals surface area contributed by atoms with Crippen LogP contribution in [-0.2, 0) is 0 Å². The van der Waals surface area contributed by atoms with E-state index in [1.54, 1.807) is 4.90 Å². The molecule has 0 aliphatic carbocycles. The number of benzene rings is 1. The summed E-state index contributed by atoms with van der Waals surface area (Å²) in [7, 11) is 0. The molecule has 1 aromatic carbocycles. The Bertz CT molecular complexity index is 643. The maximum absolute atomic E-state index is 12.7. The van der Waals surface area contributed by atoms with Crippen molar-refractivity contribution in [1.82, 2.24) is 4.98 Å². The van der Waals surface area contributed by atoms with Gasteiger partial charge in [0.05, 0.1) is 17.4 Å². The van der Waals surface area contributed by atoms with Gasteiger partial charge in [0.15, 0.2) is 0 Å². The van der Waals surface area contributed by atoms with E-state index in [0.717, 1.165) is 11.3 Å². The molecule has 0 atom stereocenters. The Morgan fingerprint density at radius 1 is 1.40 bits per heavy atom. The Labute approximate surface area is 123 Å². The molecule has 1 aromatic heterocycles. The summed E-state index contributed by atoms with van der Waals surface area (Å²) in [5, 5.41) is 0.253. The lowest BCUT2D eigenvalue weighted by Gasteiger charge is -2.23. The van der Waals surface area contributed by atoms with Crippen LogP contribution in [0.1, 0.15) is 22.8 Å². The number of aryl methyl sites for hydroxylation is 1. The van der Waals surface area contributed by atoms with Gasteiger partial charge in [-0.2, -0.15) is 0 Å². The topological polar surface area (TPSA) is 59.2 Å². The van der Waals surface area contributed by atoms with E-state index in [0.29, 0.717) is 17.8 Å². The third-order valence-electron chi connectivity index (χ3n) is 3.10. The Hall–Kier alpha value is -2.07. The summed E-state index contributed by atoms with van der Waals surface area (Å²) in [6, 6.07) is 9.22. The number of carbonyl (C=O) groups excluding carboxylic acids is 1. The molecule has 0 radical (unpaired) electrons. The summed E-state index contributed by atoms with van der Waals surface area (Å²) in [5.74, 6) is -0.177. The second-order valence-electron chi connectivity index (χ2n) is 4.43. The number of hydrogen-bond donors (Lipinski definition) is 1. The molecule has 20 heavy (non-hydrogen) atoms. The monoisotopic (exact) mass is 289 g/mol. The van der Waals surface area contributed by atoms with Gasteiger partial charge in [0, 0.05) is 12.2 Å². The van der Waals surface area contributed by atoms with Crippen molar-refractivity contribution in [3.8, 4) is 0 Å². The molecule has 1 amide bonds. The van der Waals surface area contributed by atoms with Crippen molar-refractivity contribution in [1.29, 1.82) is 0 Å². The van der Waals surface area contributed by atoms with Crippen molar-refractivity contribution < 1.29 is 4.79 Å². The van der Waals surface area contributed by atoms with Crippen LogP contribution in [0.4, 0.5) is 11.4 Å². The fourth-order valence-electron chi connectivity index (χ4n) is 2.06. The number of amides is 1. The molecule has 2 N–H and O–H groups in total. The van der Waals surface area contributed by atoms with E-state index in [9.17, 15) is 4.79 Å². The van der Waals surface area contributed by atoms with Gasteiger partial charge in [-0.05, 0) is 31.5 Å². The SMILES string of the molecule is CCN(C(=O)c1cc(Cl)ncc1N)c1ccccc1C. The number of pyridine rings is 1. The molecule has 0 bridgehead atoms. The van der Waals surface area contributed by atoms with Crippen molar-refractivity contribution in [2.24, 2.45) is 0 Å². The van der Waals surface area contributed by atoms with Gasteiger partial charge in [-0.3, -0.25) is 4.79 Å². The number of hydrogen-bond acceptors (Lipinski definition) is 3. The standard InChI is InChI=1S/C15H16ClN3O/c1-3-19(13-7-5-4-6-10(13)2)15(20)11-8-14(16)18-9-12(11)17/h4-9H,3,17H2,1-2H3. The number of para-hydroxylation sites is 1. The summed E-state index contributed by atoms with van der Waals surface area (Å²) >= 11 is 5.85. The molecule has 5 heteroatoms. The molecule has 2 rings (SSSR count). The largest absolute Gasteiger partial charge is 0.397 e. The first-order valence-electron chi connectivity index (χ1n) is 6.33. The molecular formula is C15H16ClN3O. The Balaban J connectivity index is 2.45. The highest BCUT2D eigenvalue weighted by Gasteiger charge is 2.20. The van der Waals surface area contributed by atoms with Gasteiger partial charge in [0.1, 0.15) is 5.15 Å². The number of nitrogens with two attached hydrogens (primary N) is 1. The van der Waals surface area contributed by atoms with E-state index in [-0.39, 0.29) is 11.1 Å². The maximum Gasteiger partial charge on any atom is 0.260 e.